The zero-order chi connectivity index (χ0) is 30.4. The molecule has 0 unspecified atom stereocenters. The van der Waals surface area contributed by atoms with Crippen molar-refractivity contribution in [3.63, 3.8) is 0 Å². The average Bonchev–Trinajstić information content (AvgIpc) is 2.97. The summed E-state index contributed by atoms with van der Waals surface area (Å²) in [7, 11) is 1.60. The highest BCUT2D eigenvalue weighted by molar-refractivity contribution is 6.02. The van der Waals surface area contributed by atoms with Gasteiger partial charge in [0.25, 0.3) is 5.91 Å². The van der Waals surface area contributed by atoms with Crippen LogP contribution >= 0.6 is 0 Å². The van der Waals surface area contributed by atoms with E-state index < -0.39 is 35.8 Å². The van der Waals surface area contributed by atoms with Gasteiger partial charge in [-0.2, -0.15) is 0 Å². The Morgan fingerprint density at radius 3 is 2.12 bits per heavy atom. The lowest BCUT2D eigenvalue weighted by Gasteiger charge is -2.38. The summed E-state index contributed by atoms with van der Waals surface area (Å²) < 4.78 is 32.7. The number of hydrogen-bond acceptors (Lipinski definition) is 5. The van der Waals surface area contributed by atoms with Crippen molar-refractivity contribution in [3.8, 4) is 5.75 Å². The predicted molar refractivity (Wildman–Crippen MR) is 155 cm³/mol. The standard InChI is InChI=1S/C30H33F2N5O5/c1-18-15-37(19(2)17-38)28(39)25-14-24(34-29(40)33-22-8-4-20(31)5-9-22)12-13-26(25)42-27(18)16-36(3)30(41)35-23-10-6-21(32)7-11-23/h4-14,18-19,27,38H,15-17H2,1-3H3,(H,35,41)(H2,33,34,40)/t18-,19-,27-/m0/s1. The lowest BCUT2D eigenvalue weighted by Crippen LogP contribution is -2.50. The molecule has 3 atom stereocenters. The first-order valence-corrected chi connectivity index (χ1v) is 13.4. The summed E-state index contributed by atoms with van der Waals surface area (Å²) in [5.74, 6) is -1.23. The Balaban J connectivity index is 1.54. The molecule has 0 bridgehead atoms. The lowest BCUT2D eigenvalue weighted by molar-refractivity contribution is 0.0371. The summed E-state index contributed by atoms with van der Waals surface area (Å²) in [6.45, 7) is 3.74. The maximum Gasteiger partial charge on any atom is 0.323 e. The van der Waals surface area contributed by atoms with Crippen molar-refractivity contribution in [3.05, 3.63) is 83.9 Å². The van der Waals surface area contributed by atoms with Crippen molar-refractivity contribution in [2.24, 2.45) is 5.92 Å². The smallest absolute Gasteiger partial charge is 0.323 e. The Kier molecular flexibility index (Phi) is 9.58. The highest BCUT2D eigenvalue weighted by atomic mass is 19.1. The van der Waals surface area contributed by atoms with Crippen LogP contribution in [0.15, 0.2) is 66.7 Å². The van der Waals surface area contributed by atoms with Crippen molar-refractivity contribution in [1.82, 2.24) is 9.80 Å². The summed E-state index contributed by atoms with van der Waals surface area (Å²) in [6, 6.07) is 13.8. The van der Waals surface area contributed by atoms with Crippen molar-refractivity contribution in [2.45, 2.75) is 26.0 Å². The van der Waals surface area contributed by atoms with Crippen molar-refractivity contribution >= 4 is 35.0 Å². The van der Waals surface area contributed by atoms with Gasteiger partial charge in [0, 0.05) is 36.6 Å². The molecule has 0 spiro atoms. The van der Waals surface area contributed by atoms with Crippen LogP contribution in [-0.2, 0) is 0 Å². The number of likely N-dealkylation sites (N-methyl/N-ethyl adjacent to an activating group) is 1. The van der Waals surface area contributed by atoms with Gasteiger partial charge in [-0.05, 0) is 73.7 Å². The predicted octanol–water partition coefficient (Wildman–Crippen LogP) is 4.99. The molecule has 4 rings (SSSR count). The van der Waals surface area contributed by atoms with Crippen molar-refractivity contribution in [2.75, 3.05) is 42.7 Å². The number of nitrogens with zero attached hydrogens (tertiary/aromatic N) is 2. The van der Waals surface area contributed by atoms with E-state index in [9.17, 15) is 28.3 Å². The minimum Gasteiger partial charge on any atom is -0.487 e. The molecule has 1 aliphatic heterocycles. The fraction of sp³-hybridized carbons (Fsp3) is 0.300. The van der Waals surface area contributed by atoms with E-state index in [0.717, 1.165) is 0 Å². The Bertz CT molecular complexity index is 1420. The van der Waals surface area contributed by atoms with Crippen LogP contribution in [0, 0.1) is 17.6 Å². The summed E-state index contributed by atoms with van der Waals surface area (Å²) >= 11 is 0. The van der Waals surface area contributed by atoms with Crippen molar-refractivity contribution in [1.29, 1.82) is 0 Å². The van der Waals surface area contributed by atoms with E-state index in [2.05, 4.69) is 16.0 Å². The molecule has 3 aromatic rings. The van der Waals surface area contributed by atoms with Gasteiger partial charge in [0.15, 0.2) is 0 Å². The third-order valence-corrected chi connectivity index (χ3v) is 6.92. The van der Waals surface area contributed by atoms with Gasteiger partial charge in [-0.15, -0.1) is 0 Å². The summed E-state index contributed by atoms with van der Waals surface area (Å²) in [4.78, 5) is 42.0. The maximum absolute atomic E-state index is 13.6. The summed E-state index contributed by atoms with van der Waals surface area (Å²) in [5, 5.41) is 17.8. The number of anilines is 3. The molecule has 0 aliphatic carbocycles. The van der Waals surface area contributed by atoms with Gasteiger partial charge in [-0.1, -0.05) is 6.92 Å². The average molecular weight is 582 g/mol. The molecular formula is C30H33F2N5O5. The number of nitrogens with one attached hydrogen (secondary N) is 3. The second-order valence-electron chi connectivity index (χ2n) is 10.2. The van der Waals surface area contributed by atoms with Crippen LogP contribution in [0.1, 0.15) is 24.2 Å². The molecule has 0 fully saturated rings. The number of carbonyl (C=O) groups excluding carboxylic acids is 3. The number of aliphatic hydroxyl groups excluding tert-OH is 1. The second-order valence-corrected chi connectivity index (χ2v) is 10.2. The minimum atomic E-state index is -0.596. The quantitative estimate of drug-likeness (QED) is 0.313. The van der Waals surface area contributed by atoms with Crippen LogP contribution in [0.3, 0.4) is 0 Å². The van der Waals surface area contributed by atoms with Crippen LogP contribution in [-0.4, -0.2) is 71.8 Å². The van der Waals surface area contributed by atoms with Gasteiger partial charge < -0.3 is 35.6 Å². The van der Waals surface area contributed by atoms with Crippen LogP contribution in [0.2, 0.25) is 0 Å². The third kappa shape index (κ3) is 7.52. The Hall–Kier alpha value is -4.71. The number of aliphatic hydroxyl groups is 1. The lowest BCUT2D eigenvalue weighted by atomic mass is 9.99. The summed E-state index contributed by atoms with van der Waals surface area (Å²) in [6.07, 6.45) is -0.546. The number of amides is 5. The molecule has 0 radical (unpaired) electrons. The first-order chi connectivity index (χ1) is 20.0. The first-order valence-electron chi connectivity index (χ1n) is 13.4. The molecule has 222 valence electrons. The van der Waals surface area contributed by atoms with E-state index in [1.54, 1.807) is 31.0 Å². The van der Waals surface area contributed by atoms with Crippen LogP contribution < -0.4 is 20.7 Å². The fourth-order valence-electron chi connectivity index (χ4n) is 4.45. The molecular weight excluding hydrogens is 548 g/mol. The third-order valence-electron chi connectivity index (χ3n) is 6.92. The Labute approximate surface area is 242 Å². The van der Waals surface area contributed by atoms with Gasteiger partial charge in [-0.25, -0.2) is 18.4 Å². The Morgan fingerprint density at radius 2 is 1.52 bits per heavy atom. The number of hydrogen-bond donors (Lipinski definition) is 4. The van der Waals surface area contributed by atoms with E-state index in [0.29, 0.717) is 17.1 Å². The molecule has 1 aliphatic rings. The van der Waals surface area contributed by atoms with E-state index in [1.807, 2.05) is 6.92 Å². The number of rotatable bonds is 7. The summed E-state index contributed by atoms with van der Waals surface area (Å²) in [5.41, 5.74) is 1.29. The molecule has 0 saturated carbocycles. The number of urea groups is 2. The van der Waals surface area contributed by atoms with Gasteiger partial charge in [0.05, 0.1) is 24.8 Å². The van der Waals surface area contributed by atoms with Crippen LogP contribution in [0.25, 0.3) is 0 Å². The largest absolute Gasteiger partial charge is 0.487 e. The topological polar surface area (TPSA) is 123 Å². The highest BCUT2D eigenvalue weighted by Crippen LogP contribution is 2.31. The fourth-order valence-corrected chi connectivity index (χ4v) is 4.45. The van der Waals surface area contributed by atoms with Gasteiger partial charge in [0.1, 0.15) is 23.5 Å². The van der Waals surface area contributed by atoms with Gasteiger partial charge >= 0.3 is 12.1 Å². The second kappa shape index (κ2) is 13.3. The van der Waals surface area contributed by atoms with E-state index >= 15 is 0 Å². The Morgan fingerprint density at radius 1 is 0.976 bits per heavy atom. The van der Waals surface area contributed by atoms with Gasteiger partial charge in [-0.3, -0.25) is 4.79 Å². The zero-order valence-electron chi connectivity index (χ0n) is 23.4. The molecule has 4 N–H and O–H groups in total. The molecule has 12 heteroatoms. The number of benzene rings is 3. The maximum atomic E-state index is 13.6. The number of fused-ring (bicyclic) bond motifs is 1. The normalized spacial score (nSPS) is 17.2. The number of halogens is 2. The molecule has 10 nitrogen and oxygen atoms in total. The highest BCUT2D eigenvalue weighted by Gasteiger charge is 2.34. The molecule has 0 aromatic heterocycles. The number of carbonyl (C=O) groups is 3. The first kappa shape index (κ1) is 30.3. The molecule has 1 heterocycles. The minimum absolute atomic E-state index is 0.156. The molecule has 3 aromatic carbocycles. The monoisotopic (exact) mass is 581 g/mol. The van der Waals surface area contributed by atoms with E-state index in [-0.39, 0.29) is 42.8 Å². The SMILES string of the molecule is C[C@H]1CN([C@@H](C)CO)C(=O)c2cc(NC(=O)Nc3ccc(F)cc3)ccc2O[C@H]1CN(C)C(=O)Nc1ccc(F)cc1. The zero-order valence-corrected chi connectivity index (χ0v) is 23.4. The molecule has 0 saturated heterocycles. The molecule has 5 amide bonds. The van der Waals surface area contributed by atoms with E-state index in [4.69, 9.17) is 4.74 Å². The molecule has 42 heavy (non-hydrogen) atoms. The van der Waals surface area contributed by atoms with E-state index in [1.165, 1.54) is 59.5 Å². The van der Waals surface area contributed by atoms with Crippen LogP contribution in [0.5, 0.6) is 5.75 Å². The number of ether oxygens (including phenoxy) is 1. The van der Waals surface area contributed by atoms with Gasteiger partial charge in [0.2, 0.25) is 0 Å². The van der Waals surface area contributed by atoms with Crippen LogP contribution in [0.4, 0.5) is 35.4 Å². The van der Waals surface area contributed by atoms with Crippen molar-refractivity contribution < 1.29 is 33.0 Å².